The molecule has 1 heterocycles. The Morgan fingerprint density at radius 2 is 1.52 bits per heavy atom. The van der Waals surface area contributed by atoms with Crippen LogP contribution in [0.5, 0.6) is 11.5 Å². The second-order valence-corrected chi connectivity index (χ2v) is 6.52. The SMILES string of the molecule is CCOc1ccccc1OCCCC(=O)NC(c1ccccc1)c1ccncc1. The molecule has 1 N–H and O–H groups in total. The van der Waals surface area contributed by atoms with E-state index in [1.807, 2.05) is 73.7 Å². The quantitative estimate of drug-likeness (QED) is 0.516. The molecule has 1 unspecified atom stereocenters. The van der Waals surface area contributed by atoms with E-state index in [-0.39, 0.29) is 11.9 Å². The maximum atomic E-state index is 12.6. The van der Waals surface area contributed by atoms with Crippen LogP contribution in [0.25, 0.3) is 0 Å². The fourth-order valence-electron chi connectivity index (χ4n) is 3.05. The highest BCUT2D eigenvalue weighted by Crippen LogP contribution is 2.26. The number of hydrogen-bond acceptors (Lipinski definition) is 4. The van der Waals surface area contributed by atoms with Gasteiger partial charge in [0.1, 0.15) is 0 Å². The average molecular weight is 390 g/mol. The maximum Gasteiger partial charge on any atom is 0.220 e. The monoisotopic (exact) mass is 390 g/mol. The van der Waals surface area contributed by atoms with Crippen molar-refractivity contribution in [2.75, 3.05) is 13.2 Å². The number of nitrogens with zero attached hydrogens (tertiary/aromatic N) is 1. The van der Waals surface area contributed by atoms with E-state index in [9.17, 15) is 4.79 Å². The van der Waals surface area contributed by atoms with Gasteiger partial charge in [0.05, 0.1) is 19.3 Å². The normalized spacial score (nSPS) is 11.5. The molecule has 0 saturated heterocycles. The highest BCUT2D eigenvalue weighted by Gasteiger charge is 2.16. The first-order chi connectivity index (χ1) is 14.3. The Morgan fingerprint density at radius 1 is 0.897 bits per heavy atom. The van der Waals surface area contributed by atoms with Gasteiger partial charge in [-0.3, -0.25) is 9.78 Å². The van der Waals surface area contributed by atoms with Gasteiger partial charge in [0.2, 0.25) is 5.91 Å². The fourth-order valence-corrected chi connectivity index (χ4v) is 3.05. The van der Waals surface area contributed by atoms with Crippen molar-refractivity contribution in [2.24, 2.45) is 0 Å². The number of carbonyl (C=O) groups excluding carboxylic acids is 1. The van der Waals surface area contributed by atoms with Crippen molar-refractivity contribution >= 4 is 5.91 Å². The van der Waals surface area contributed by atoms with Gasteiger partial charge < -0.3 is 14.8 Å². The predicted octanol–water partition coefficient (Wildman–Crippen LogP) is 4.55. The van der Waals surface area contributed by atoms with E-state index in [4.69, 9.17) is 9.47 Å². The van der Waals surface area contributed by atoms with Gasteiger partial charge in [-0.2, -0.15) is 0 Å². The fraction of sp³-hybridized carbons (Fsp3) is 0.250. The average Bonchev–Trinajstić information content (AvgIpc) is 2.77. The van der Waals surface area contributed by atoms with E-state index >= 15 is 0 Å². The lowest BCUT2D eigenvalue weighted by Crippen LogP contribution is -2.29. The smallest absolute Gasteiger partial charge is 0.220 e. The molecule has 0 radical (unpaired) electrons. The van der Waals surface area contributed by atoms with Crippen LogP contribution in [-0.4, -0.2) is 24.1 Å². The van der Waals surface area contributed by atoms with Gasteiger partial charge in [-0.15, -0.1) is 0 Å². The topological polar surface area (TPSA) is 60.5 Å². The van der Waals surface area contributed by atoms with Crippen molar-refractivity contribution < 1.29 is 14.3 Å². The first-order valence-corrected chi connectivity index (χ1v) is 9.86. The number of para-hydroxylation sites is 2. The summed E-state index contributed by atoms with van der Waals surface area (Å²) in [6.45, 7) is 2.97. The zero-order valence-electron chi connectivity index (χ0n) is 16.6. The molecule has 1 aromatic heterocycles. The molecule has 5 heteroatoms. The lowest BCUT2D eigenvalue weighted by molar-refractivity contribution is -0.121. The molecule has 0 spiro atoms. The van der Waals surface area contributed by atoms with Crippen LogP contribution in [0.2, 0.25) is 0 Å². The Labute approximate surface area is 171 Å². The predicted molar refractivity (Wildman–Crippen MR) is 113 cm³/mol. The van der Waals surface area contributed by atoms with Crippen LogP contribution in [0.15, 0.2) is 79.1 Å². The summed E-state index contributed by atoms with van der Waals surface area (Å²) >= 11 is 0. The van der Waals surface area contributed by atoms with Crippen LogP contribution in [0, 0.1) is 0 Å². The minimum Gasteiger partial charge on any atom is -0.490 e. The first-order valence-electron chi connectivity index (χ1n) is 9.86. The number of benzene rings is 2. The summed E-state index contributed by atoms with van der Waals surface area (Å²) in [4.78, 5) is 16.6. The Hall–Kier alpha value is -3.34. The van der Waals surface area contributed by atoms with Gasteiger partial charge in [0, 0.05) is 18.8 Å². The standard InChI is InChI=1S/C24H26N2O3/c1-2-28-21-11-6-7-12-22(21)29-18-8-13-23(27)26-24(19-9-4-3-5-10-19)20-14-16-25-17-15-20/h3-7,9-12,14-17,24H,2,8,13,18H2,1H3,(H,26,27). The Balaban J connectivity index is 1.55. The molecular formula is C24H26N2O3. The molecule has 0 saturated carbocycles. The van der Waals surface area contributed by atoms with Crippen LogP contribution in [0.1, 0.15) is 36.9 Å². The molecule has 0 aliphatic rings. The molecule has 1 amide bonds. The number of aromatic nitrogens is 1. The van der Waals surface area contributed by atoms with Gasteiger partial charge >= 0.3 is 0 Å². The third kappa shape index (κ3) is 6.07. The van der Waals surface area contributed by atoms with E-state index in [0.717, 1.165) is 16.9 Å². The summed E-state index contributed by atoms with van der Waals surface area (Å²) in [6.07, 6.45) is 4.47. The molecule has 3 aromatic rings. The molecule has 3 rings (SSSR count). The summed E-state index contributed by atoms with van der Waals surface area (Å²) in [7, 11) is 0. The second kappa shape index (κ2) is 10.9. The summed E-state index contributed by atoms with van der Waals surface area (Å²) < 4.78 is 11.4. The lowest BCUT2D eigenvalue weighted by atomic mass is 9.99. The molecule has 0 aliphatic carbocycles. The summed E-state index contributed by atoms with van der Waals surface area (Å²) in [5, 5.41) is 3.13. The van der Waals surface area contributed by atoms with Crippen molar-refractivity contribution in [3.05, 3.63) is 90.3 Å². The Morgan fingerprint density at radius 3 is 2.21 bits per heavy atom. The number of nitrogens with one attached hydrogen (secondary N) is 1. The van der Waals surface area contributed by atoms with E-state index in [2.05, 4.69) is 10.3 Å². The number of ether oxygens (including phenoxy) is 2. The van der Waals surface area contributed by atoms with Crippen molar-refractivity contribution in [2.45, 2.75) is 25.8 Å². The van der Waals surface area contributed by atoms with Crippen molar-refractivity contribution in [1.29, 1.82) is 0 Å². The van der Waals surface area contributed by atoms with Crippen molar-refractivity contribution in [3.8, 4) is 11.5 Å². The molecule has 1 atom stereocenters. The number of amides is 1. The van der Waals surface area contributed by atoms with Gasteiger partial charge in [0.15, 0.2) is 11.5 Å². The third-order valence-electron chi connectivity index (χ3n) is 4.43. The van der Waals surface area contributed by atoms with Crippen LogP contribution in [0.4, 0.5) is 0 Å². The Bertz CT molecular complexity index is 845. The zero-order chi connectivity index (χ0) is 20.3. The van der Waals surface area contributed by atoms with E-state index < -0.39 is 0 Å². The molecule has 0 aliphatic heterocycles. The Kier molecular flexibility index (Phi) is 7.63. The number of carbonyl (C=O) groups is 1. The minimum atomic E-state index is -0.203. The van der Waals surface area contributed by atoms with Crippen LogP contribution < -0.4 is 14.8 Å². The molecule has 5 nitrogen and oxygen atoms in total. The summed E-state index contributed by atoms with van der Waals surface area (Å²) in [5.74, 6) is 1.41. The van der Waals surface area contributed by atoms with Gasteiger partial charge in [-0.1, -0.05) is 42.5 Å². The van der Waals surface area contributed by atoms with Crippen molar-refractivity contribution in [1.82, 2.24) is 10.3 Å². The maximum absolute atomic E-state index is 12.6. The van der Waals surface area contributed by atoms with E-state index in [1.165, 1.54) is 0 Å². The van der Waals surface area contributed by atoms with E-state index in [1.54, 1.807) is 12.4 Å². The minimum absolute atomic E-state index is 0.0163. The molecule has 29 heavy (non-hydrogen) atoms. The van der Waals surface area contributed by atoms with Gasteiger partial charge in [-0.25, -0.2) is 0 Å². The number of pyridine rings is 1. The van der Waals surface area contributed by atoms with Gasteiger partial charge in [0.25, 0.3) is 0 Å². The third-order valence-corrected chi connectivity index (χ3v) is 4.43. The number of hydrogen-bond donors (Lipinski definition) is 1. The highest BCUT2D eigenvalue weighted by atomic mass is 16.5. The second-order valence-electron chi connectivity index (χ2n) is 6.52. The van der Waals surface area contributed by atoms with Crippen LogP contribution in [0.3, 0.4) is 0 Å². The number of rotatable bonds is 10. The molecular weight excluding hydrogens is 364 g/mol. The summed E-state index contributed by atoms with van der Waals surface area (Å²) in [5.41, 5.74) is 2.04. The first kappa shape index (κ1) is 20.4. The van der Waals surface area contributed by atoms with Crippen LogP contribution >= 0.6 is 0 Å². The van der Waals surface area contributed by atoms with Crippen LogP contribution in [-0.2, 0) is 4.79 Å². The van der Waals surface area contributed by atoms with Gasteiger partial charge in [-0.05, 0) is 48.7 Å². The van der Waals surface area contributed by atoms with E-state index in [0.29, 0.717) is 31.8 Å². The largest absolute Gasteiger partial charge is 0.490 e. The highest BCUT2D eigenvalue weighted by molar-refractivity contribution is 5.77. The molecule has 2 aromatic carbocycles. The molecule has 0 bridgehead atoms. The molecule has 150 valence electrons. The zero-order valence-corrected chi connectivity index (χ0v) is 16.6. The van der Waals surface area contributed by atoms with Crippen molar-refractivity contribution in [3.63, 3.8) is 0 Å². The summed E-state index contributed by atoms with van der Waals surface area (Å²) in [6, 6.07) is 21.1. The lowest BCUT2D eigenvalue weighted by Gasteiger charge is -2.20. The molecule has 0 fully saturated rings.